The van der Waals surface area contributed by atoms with Gasteiger partial charge < -0.3 is 14.8 Å². The third-order valence-electron chi connectivity index (χ3n) is 6.92. The lowest BCUT2D eigenvalue weighted by Crippen LogP contribution is -2.36. The Hall–Kier alpha value is -3.54. The molecule has 0 fully saturated rings. The molecule has 0 saturated heterocycles. The first-order valence-electron chi connectivity index (χ1n) is 12.5. The number of para-hydroxylation sites is 1. The van der Waals surface area contributed by atoms with Gasteiger partial charge in [-0.2, -0.15) is 0 Å². The summed E-state index contributed by atoms with van der Waals surface area (Å²) in [5, 5.41) is 4.61. The summed E-state index contributed by atoms with van der Waals surface area (Å²) >= 11 is 12.2. The van der Waals surface area contributed by atoms with Gasteiger partial charge in [0.15, 0.2) is 5.78 Å². The van der Waals surface area contributed by atoms with E-state index >= 15 is 0 Å². The van der Waals surface area contributed by atoms with Gasteiger partial charge in [-0.1, -0.05) is 65.7 Å². The molecule has 3 aromatic carbocycles. The zero-order valence-electron chi connectivity index (χ0n) is 20.9. The molecule has 38 heavy (non-hydrogen) atoms. The molecule has 0 unspecified atom stereocenters. The van der Waals surface area contributed by atoms with Crippen LogP contribution in [0.3, 0.4) is 0 Å². The first kappa shape index (κ1) is 26.1. The monoisotopic (exact) mass is 547 g/mol. The van der Waals surface area contributed by atoms with Crippen molar-refractivity contribution in [1.82, 2.24) is 5.32 Å². The minimum Gasteiger partial charge on any atom is -0.490 e. The highest BCUT2D eigenvalue weighted by Gasteiger charge is 2.41. The number of benzene rings is 3. The highest BCUT2D eigenvalue weighted by molar-refractivity contribution is 6.30. The maximum atomic E-state index is 13.7. The van der Waals surface area contributed by atoms with Crippen molar-refractivity contribution in [2.45, 2.75) is 31.6 Å². The molecule has 3 aromatic rings. The molecule has 0 radical (unpaired) electrons. The van der Waals surface area contributed by atoms with Crippen molar-refractivity contribution in [3.63, 3.8) is 0 Å². The number of carbonyl (C=O) groups is 2. The van der Waals surface area contributed by atoms with Crippen LogP contribution in [0.5, 0.6) is 5.75 Å². The largest absolute Gasteiger partial charge is 0.490 e. The highest BCUT2D eigenvalue weighted by atomic mass is 35.5. The van der Waals surface area contributed by atoms with E-state index in [0.29, 0.717) is 45.5 Å². The van der Waals surface area contributed by atoms with Gasteiger partial charge in [0.05, 0.1) is 5.57 Å². The zero-order chi connectivity index (χ0) is 26.6. The van der Waals surface area contributed by atoms with Crippen molar-refractivity contribution in [3.8, 4) is 5.75 Å². The molecular weight excluding hydrogens is 521 g/mol. The van der Waals surface area contributed by atoms with Crippen LogP contribution in [0.15, 0.2) is 101 Å². The average molecular weight is 548 g/mol. The number of halogens is 2. The minimum absolute atomic E-state index is 0.00357. The molecular formula is C31H27Cl2NO4. The Bertz CT molecular complexity index is 1400. The fourth-order valence-corrected chi connectivity index (χ4v) is 5.41. The second kappa shape index (κ2) is 11.5. The lowest BCUT2D eigenvalue weighted by Gasteiger charge is -2.36. The molecule has 2 aliphatic rings. The zero-order valence-corrected chi connectivity index (χ0v) is 22.4. The summed E-state index contributed by atoms with van der Waals surface area (Å²) in [5.41, 5.74) is 4.41. The highest BCUT2D eigenvalue weighted by Crippen LogP contribution is 2.46. The van der Waals surface area contributed by atoms with E-state index in [0.717, 1.165) is 16.8 Å². The molecule has 5 nitrogen and oxygen atoms in total. The quantitative estimate of drug-likeness (QED) is 0.255. The Kier molecular flexibility index (Phi) is 7.87. The summed E-state index contributed by atoms with van der Waals surface area (Å²) in [4.78, 5) is 27.1. The SMILES string of the molecule is CC1=C(C(=O)OCCOc2ccccc2)[C@H](c2ccc(Cl)cc2)C2=C(C[C@@H](c3ccc(Cl)cc3)CC2=O)N1. The van der Waals surface area contributed by atoms with Gasteiger partial charge in [-0.05, 0) is 66.8 Å². The van der Waals surface area contributed by atoms with E-state index in [-0.39, 0.29) is 24.9 Å². The van der Waals surface area contributed by atoms with Gasteiger partial charge in [0.2, 0.25) is 0 Å². The van der Waals surface area contributed by atoms with E-state index in [1.54, 1.807) is 12.1 Å². The fraction of sp³-hybridized carbons (Fsp3) is 0.226. The molecule has 1 aliphatic heterocycles. The number of Topliss-reactive ketones (excluding diaryl/α,β-unsaturated/α-hetero) is 1. The van der Waals surface area contributed by atoms with Gasteiger partial charge >= 0.3 is 5.97 Å². The molecule has 194 valence electrons. The standard InChI is InChI=1S/C31H27Cl2NO4/c1-19-28(31(36)38-16-15-37-25-5-3-2-4-6-25)29(21-9-13-24(33)14-10-21)30-26(34-19)17-22(18-27(30)35)20-7-11-23(32)12-8-20/h2-14,22,29,34H,15-18H2,1H3/t22-,29+/m1/s1. The number of hydrogen-bond acceptors (Lipinski definition) is 5. The van der Waals surface area contributed by atoms with Gasteiger partial charge in [0.25, 0.3) is 0 Å². The number of allylic oxidation sites excluding steroid dienone is 3. The summed E-state index contributed by atoms with van der Waals surface area (Å²) in [6.07, 6.45) is 0.996. The summed E-state index contributed by atoms with van der Waals surface area (Å²) in [6, 6.07) is 24.2. The molecule has 7 heteroatoms. The Labute approximate surface area is 232 Å². The van der Waals surface area contributed by atoms with Crippen LogP contribution in [-0.4, -0.2) is 25.0 Å². The number of carbonyl (C=O) groups excluding carboxylic acids is 2. The summed E-state index contributed by atoms with van der Waals surface area (Å²) in [6.45, 7) is 2.15. The van der Waals surface area contributed by atoms with Crippen LogP contribution in [0.4, 0.5) is 0 Å². The van der Waals surface area contributed by atoms with Crippen LogP contribution in [0.1, 0.15) is 42.7 Å². The van der Waals surface area contributed by atoms with Crippen molar-refractivity contribution < 1.29 is 19.1 Å². The van der Waals surface area contributed by atoms with E-state index in [2.05, 4.69) is 5.32 Å². The first-order valence-corrected chi connectivity index (χ1v) is 13.3. The van der Waals surface area contributed by atoms with Crippen molar-refractivity contribution in [2.75, 3.05) is 13.2 Å². The molecule has 5 rings (SSSR count). The number of ether oxygens (including phenoxy) is 2. The number of esters is 1. The van der Waals surface area contributed by atoms with Crippen LogP contribution in [-0.2, 0) is 14.3 Å². The van der Waals surface area contributed by atoms with Crippen LogP contribution < -0.4 is 10.1 Å². The fourth-order valence-electron chi connectivity index (χ4n) is 5.16. The maximum Gasteiger partial charge on any atom is 0.336 e. The molecule has 0 aromatic heterocycles. The second-order valence-corrected chi connectivity index (χ2v) is 10.3. The van der Waals surface area contributed by atoms with E-state index in [1.807, 2.05) is 73.7 Å². The molecule has 0 bridgehead atoms. The van der Waals surface area contributed by atoms with Gasteiger partial charge in [-0.15, -0.1) is 0 Å². The Morgan fingerprint density at radius 2 is 1.50 bits per heavy atom. The lowest BCUT2D eigenvalue weighted by molar-refractivity contribution is -0.140. The number of ketones is 1. The normalized spacial score (nSPS) is 19.1. The number of hydrogen-bond donors (Lipinski definition) is 1. The predicted molar refractivity (Wildman–Crippen MR) is 148 cm³/mol. The minimum atomic E-state index is -0.551. The second-order valence-electron chi connectivity index (χ2n) is 9.42. The topological polar surface area (TPSA) is 64.6 Å². The molecule has 2 atom stereocenters. The molecule has 1 aliphatic carbocycles. The lowest BCUT2D eigenvalue weighted by atomic mass is 9.72. The average Bonchev–Trinajstić information content (AvgIpc) is 2.91. The van der Waals surface area contributed by atoms with Crippen molar-refractivity contribution in [3.05, 3.63) is 123 Å². The Morgan fingerprint density at radius 1 is 0.868 bits per heavy atom. The van der Waals surface area contributed by atoms with E-state index in [1.165, 1.54) is 0 Å². The Balaban J connectivity index is 1.41. The maximum absolute atomic E-state index is 13.7. The molecule has 0 saturated carbocycles. The number of rotatable bonds is 7. The predicted octanol–water partition coefficient (Wildman–Crippen LogP) is 6.98. The van der Waals surface area contributed by atoms with Gasteiger partial charge in [0, 0.05) is 39.4 Å². The smallest absolute Gasteiger partial charge is 0.336 e. The van der Waals surface area contributed by atoms with Crippen LogP contribution in [0.25, 0.3) is 0 Å². The summed E-state index contributed by atoms with van der Waals surface area (Å²) in [5.74, 6) is -0.303. The number of dihydropyridines is 1. The van der Waals surface area contributed by atoms with Gasteiger partial charge in [-0.3, -0.25) is 4.79 Å². The Morgan fingerprint density at radius 3 is 2.16 bits per heavy atom. The number of nitrogens with one attached hydrogen (secondary N) is 1. The first-order chi connectivity index (χ1) is 18.4. The van der Waals surface area contributed by atoms with Gasteiger partial charge in [0.1, 0.15) is 19.0 Å². The van der Waals surface area contributed by atoms with Crippen LogP contribution in [0, 0.1) is 0 Å². The van der Waals surface area contributed by atoms with E-state index < -0.39 is 11.9 Å². The molecule has 0 amide bonds. The van der Waals surface area contributed by atoms with Crippen LogP contribution >= 0.6 is 23.2 Å². The van der Waals surface area contributed by atoms with E-state index in [9.17, 15) is 9.59 Å². The molecule has 1 heterocycles. The molecule has 0 spiro atoms. The van der Waals surface area contributed by atoms with Crippen LogP contribution in [0.2, 0.25) is 10.0 Å². The summed E-state index contributed by atoms with van der Waals surface area (Å²) in [7, 11) is 0. The van der Waals surface area contributed by atoms with Crippen molar-refractivity contribution >= 4 is 35.0 Å². The van der Waals surface area contributed by atoms with Crippen molar-refractivity contribution in [2.24, 2.45) is 0 Å². The van der Waals surface area contributed by atoms with Crippen molar-refractivity contribution in [1.29, 1.82) is 0 Å². The van der Waals surface area contributed by atoms with E-state index in [4.69, 9.17) is 32.7 Å². The summed E-state index contributed by atoms with van der Waals surface area (Å²) < 4.78 is 11.3. The molecule has 1 N–H and O–H groups in total. The van der Waals surface area contributed by atoms with Gasteiger partial charge in [-0.25, -0.2) is 4.79 Å². The third kappa shape index (κ3) is 5.64. The third-order valence-corrected chi connectivity index (χ3v) is 7.42.